The van der Waals surface area contributed by atoms with Crippen LogP contribution in [0.3, 0.4) is 0 Å². The molecule has 0 spiro atoms. The number of oxazole rings is 1. The maximum Gasteiger partial charge on any atom is 0.420 e. The van der Waals surface area contributed by atoms with Gasteiger partial charge >= 0.3 is 5.76 Å². The number of nitrogens with zero attached hydrogens (tertiary/aromatic N) is 5. The number of carbonyl (C=O) groups is 1. The minimum Gasteiger partial charge on any atom is -0.408 e. The van der Waals surface area contributed by atoms with Gasteiger partial charge in [-0.3, -0.25) is 9.36 Å². The van der Waals surface area contributed by atoms with E-state index in [2.05, 4.69) is 20.8 Å². The number of nitrogens with one attached hydrogen (secondary N) is 1. The molecule has 2 aromatic heterocycles. The van der Waals surface area contributed by atoms with Gasteiger partial charge in [0, 0.05) is 0 Å². The highest BCUT2D eigenvalue weighted by Gasteiger charge is 2.21. The van der Waals surface area contributed by atoms with Gasteiger partial charge in [-0.2, -0.15) is 4.68 Å². The lowest BCUT2D eigenvalue weighted by Gasteiger charge is -2.13. The number of amides is 1. The molecule has 0 aliphatic heterocycles. The molecule has 9 nitrogen and oxygen atoms in total. The second-order valence-corrected chi connectivity index (χ2v) is 5.94. The van der Waals surface area contributed by atoms with Crippen LogP contribution < -0.4 is 11.1 Å². The van der Waals surface area contributed by atoms with Gasteiger partial charge in [-0.1, -0.05) is 30.3 Å². The normalized spacial score (nSPS) is 12.2. The molecule has 0 bridgehead atoms. The van der Waals surface area contributed by atoms with Crippen LogP contribution in [-0.4, -0.2) is 30.7 Å². The third-order valence-corrected chi connectivity index (χ3v) is 4.24. The van der Waals surface area contributed by atoms with Crippen LogP contribution in [-0.2, 0) is 11.3 Å². The van der Waals surface area contributed by atoms with Gasteiger partial charge in [0.2, 0.25) is 5.91 Å². The molecule has 0 saturated carbocycles. The number of benzene rings is 2. The molecule has 0 radical (unpaired) electrons. The minimum absolute atomic E-state index is 0.121. The third kappa shape index (κ3) is 3.10. The summed E-state index contributed by atoms with van der Waals surface area (Å²) < 4.78 is 8.06. The van der Waals surface area contributed by atoms with E-state index >= 15 is 0 Å². The number of hydrogen-bond donors (Lipinski definition) is 1. The predicted octanol–water partition coefficient (Wildman–Crippen LogP) is 1.45. The summed E-state index contributed by atoms with van der Waals surface area (Å²) in [7, 11) is 0. The van der Waals surface area contributed by atoms with Gasteiger partial charge in [0.05, 0.1) is 17.7 Å². The molecule has 0 aliphatic rings. The van der Waals surface area contributed by atoms with Crippen molar-refractivity contribution in [3.63, 3.8) is 0 Å². The average molecular weight is 364 g/mol. The largest absolute Gasteiger partial charge is 0.420 e. The maximum atomic E-state index is 12.6. The Morgan fingerprint density at radius 3 is 2.70 bits per heavy atom. The van der Waals surface area contributed by atoms with Gasteiger partial charge in [-0.25, -0.2) is 4.79 Å². The zero-order valence-electron chi connectivity index (χ0n) is 14.4. The number of aromatic nitrogens is 5. The van der Waals surface area contributed by atoms with Crippen LogP contribution >= 0.6 is 0 Å². The predicted molar refractivity (Wildman–Crippen MR) is 96.2 cm³/mol. The van der Waals surface area contributed by atoms with E-state index in [1.165, 1.54) is 4.57 Å². The standard InChI is InChI=1S/C18H16N6O3/c1-12(23-14-9-5-6-10-15(14)27-18(23)26)17(25)19-11-16-20-21-22-24(16)13-7-3-2-4-8-13/h2-10,12H,11H2,1H3,(H,19,25). The van der Waals surface area contributed by atoms with Gasteiger partial charge in [0.15, 0.2) is 11.4 Å². The zero-order valence-corrected chi connectivity index (χ0v) is 14.4. The first-order valence-corrected chi connectivity index (χ1v) is 8.35. The van der Waals surface area contributed by atoms with Gasteiger partial charge in [0.1, 0.15) is 6.04 Å². The first-order valence-electron chi connectivity index (χ1n) is 8.35. The molecule has 136 valence electrons. The Kier molecular flexibility index (Phi) is 4.25. The van der Waals surface area contributed by atoms with Crippen molar-refractivity contribution in [2.45, 2.75) is 19.5 Å². The Morgan fingerprint density at radius 2 is 1.89 bits per heavy atom. The Hall–Kier alpha value is -3.75. The summed E-state index contributed by atoms with van der Waals surface area (Å²) in [6.07, 6.45) is 0. The average Bonchev–Trinajstić information content (AvgIpc) is 3.29. The smallest absolute Gasteiger partial charge is 0.408 e. The van der Waals surface area contributed by atoms with Crippen LogP contribution in [0.2, 0.25) is 0 Å². The summed E-state index contributed by atoms with van der Waals surface area (Å²) in [5, 5.41) is 14.3. The Labute approximate surface area is 153 Å². The van der Waals surface area contributed by atoms with Gasteiger partial charge in [-0.05, 0) is 41.6 Å². The van der Waals surface area contributed by atoms with E-state index in [4.69, 9.17) is 4.42 Å². The second-order valence-electron chi connectivity index (χ2n) is 5.94. The summed E-state index contributed by atoms with van der Waals surface area (Å²) in [5.41, 5.74) is 1.80. The van der Waals surface area contributed by atoms with Crippen molar-refractivity contribution < 1.29 is 9.21 Å². The molecule has 1 amide bonds. The topological polar surface area (TPSA) is 108 Å². The van der Waals surface area contributed by atoms with Crippen molar-refractivity contribution in [3.05, 3.63) is 71.0 Å². The lowest BCUT2D eigenvalue weighted by atomic mass is 10.2. The van der Waals surface area contributed by atoms with Crippen molar-refractivity contribution in [2.75, 3.05) is 0 Å². The van der Waals surface area contributed by atoms with E-state index < -0.39 is 11.8 Å². The van der Waals surface area contributed by atoms with Gasteiger partial charge < -0.3 is 9.73 Å². The molecular formula is C18H16N6O3. The minimum atomic E-state index is -0.748. The maximum absolute atomic E-state index is 12.6. The van der Waals surface area contributed by atoms with Crippen molar-refractivity contribution in [3.8, 4) is 5.69 Å². The van der Waals surface area contributed by atoms with E-state index in [-0.39, 0.29) is 12.5 Å². The van der Waals surface area contributed by atoms with Crippen LogP contribution in [0.5, 0.6) is 0 Å². The lowest BCUT2D eigenvalue weighted by Crippen LogP contribution is -2.34. The van der Waals surface area contributed by atoms with E-state index in [0.717, 1.165) is 5.69 Å². The van der Waals surface area contributed by atoms with E-state index in [1.807, 2.05) is 30.3 Å². The van der Waals surface area contributed by atoms with Crippen molar-refractivity contribution in [1.29, 1.82) is 0 Å². The monoisotopic (exact) mass is 364 g/mol. The molecule has 1 N–H and O–H groups in total. The highest BCUT2D eigenvalue weighted by molar-refractivity contribution is 5.82. The summed E-state index contributed by atoms with van der Waals surface area (Å²) in [4.78, 5) is 24.7. The molecule has 4 rings (SSSR count). The molecular weight excluding hydrogens is 348 g/mol. The molecule has 0 fully saturated rings. The lowest BCUT2D eigenvalue weighted by molar-refractivity contribution is -0.124. The Balaban J connectivity index is 1.53. The van der Waals surface area contributed by atoms with Crippen molar-refractivity contribution in [1.82, 2.24) is 30.1 Å². The molecule has 0 aliphatic carbocycles. The van der Waals surface area contributed by atoms with E-state index in [1.54, 1.807) is 35.9 Å². The van der Waals surface area contributed by atoms with Crippen LogP contribution in [0.1, 0.15) is 18.8 Å². The second kappa shape index (κ2) is 6.87. The molecule has 4 aromatic rings. The van der Waals surface area contributed by atoms with Crippen molar-refractivity contribution >= 4 is 17.0 Å². The summed E-state index contributed by atoms with van der Waals surface area (Å²) in [6.45, 7) is 1.76. The highest BCUT2D eigenvalue weighted by Crippen LogP contribution is 2.16. The first-order chi connectivity index (χ1) is 13.1. The van der Waals surface area contributed by atoms with Gasteiger partial charge in [0.25, 0.3) is 0 Å². The van der Waals surface area contributed by atoms with Gasteiger partial charge in [-0.15, -0.1) is 5.10 Å². The molecule has 2 heterocycles. The number of hydrogen-bond acceptors (Lipinski definition) is 6. The zero-order chi connectivity index (χ0) is 18.8. The molecule has 1 unspecified atom stereocenters. The fourth-order valence-electron chi connectivity index (χ4n) is 2.87. The molecule has 9 heteroatoms. The fourth-order valence-corrected chi connectivity index (χ4v) is 2.87. The number of fused-ring (bicyclic) bond motifs is 1. The summed E-state index contributed by atoms with van der Waals surface area (Å²) in [6, 6.07) is 15.6. The third-order valence-electron chi connectivity index (χ3n) is 4.24. The van der Waals surface area contributed by atoms with Crippen molar-refractivity contribution in [2.24, 2.45) is 0 Å². The highest BCUT2D eigenvalue weighted by atomic mass is 16.4. The molecule has 0 saturated heterocycles. The fraction of sp³-hybridized carbons (Fsp3) is 0.167. The summed E-state index contributed by atoms with van der Waals surface area (Å²) >= 11 is 0. The SMILES string of the molecule is CC(C(=O)NCc1nnnn1-c1ccccc1)n1c(=O)oc2ccccc21. The Bertz CT molecular complexity index is 1140. The van der Waals surface area contributed by atoms with Crippen LogP contribution in [0.25, 0.3) is 16.8 Å². The van der Waals surface area contributed by atoms with E-state index in [9.17, 15) is 9.59 Å². The molecule has 2 aromatic carbocycles. The quantitative estimate of drug-likeness (QED) is 0.574. The molecule has 1 atom stereocenters. The number of para-hydroxylation sites is 3. The Morgan fingerprint density at radius 1 is 1.15 bits per heavy atom. The number of carbonyl (C=O) groups excluding carboxylic acids is 1. The van der Waals surface area contributed by atoms with E-state index in [0.29, 0.717) is 16.9 Å². The summed E-state index contributed by atoms with van der Waals surface area (Å²) in [5.74, 6) is -0.439. The van der Waals surface area contributed by atoms with Crippen LogP contribution in [0.4, 0.5) is 0 Å². The van der Waals surface area contributed by atoms with Crippen LogP contribution in [0.15, 0.2) is 63.8 Å². The number of tetrazole rings is 1. The molecule has 27 heavy (non-hydrogen) atoms. The number of rotatable bonds is 5. The van der Waals surface area contributed by atoms with Crippen LogP contribution in [0, 0.1) is 0 Å². The first kappa shape index (κ1) is 16.7.